The van der Waals surface area contributed by atoms with E-state index in [0.29, 0.717) is 18.0 Å². The van der Waals surface area contributed by atoms with Crippen LogP contribution < -0.4 is 14.8 Å². The first-order valence-corrected chi connectivity index (χ1v) is 6.77. The van der Waals surface area contributed by atoms with Gasteiger partial charge in [0.15, 0.2) is 18.1 Å². The Morgan fingerprint density at radius 1 is 1.10 bits per heavy atom. The van der Waals surface area contributed by atoms with Crippen LogP contribution in [0.15, 0.2) is 48.5 Å². The molecule has 4 heteroatoms. The molecule has 0 bridgehead atoms. The Bertz CT molecular complexity index is 610. The molecule has 0 heterocycles. The molecule has 0 aromatic heterocycles. The molecular weight excluding hydrogens is 266 g/mol. The van der Waals surface area contributed by atoms with Crippen molar-refractivity contribution in [2.45, 2.75) is 13.5 Å². The van der Waals surface area contributed by atoms with Crippen LogP contribution >= 0.6 is 0 Å². The highest BCUT2D eigenvalue weighted by atomic mass is 16.5. The molecule has 110 valence electrons. The molecule has 0 aliphatic rings. The van der Waals surface area contributed by atoms with Gasteiger partial charge in [0, 0.05) is 6.54 Å². The smallest absolute Gasteiger partial charge is 0.258 e. The Morgan fingerprint density at radius 2 is 1.86 bits per heavy atom. The van der Waals surface area contributed by atoms with Crippen molar-refractivity contribution in [3.05, 3.63) is 59.7 Å². The lowest BCUT2D eigenvalue weighted by Crippen LogP contribution is -2.28. The highest BCUT2D eigenvalue weighted by molar-refractivity contribution is 5.77. The molecule has 0 aliphatic carbocycles. The van der Waals surface area contributed by atoms with Gasteiger partial charge in [0.05, 0.1) is 7.11 Å². The molecule has 2 rings (SSSR count). The molecular formula is C17H19NO3. The van der Waals surface area contributed by atoms with Crippen LogP contribution in [-0.2, 0) is 11.3 Å². The van der Waals surface area contributed by atoms with Gasteiger partial charge in [-0.05, 0) is 24.6 Å². The zero-order valence-electron chi connectivity index (χ0n) is 12.3. The van der Waals surface area contributed by atoms with Crippen molar-refractivity contribution in [1.29, 1.82) is 0 Å². The summed E-state index contributed by atoms with van der Waals surface area (Å²) < 4.78 is 10.6. The summed E-state index contributed by atoms with van der Waals surface area (Å²) in [4.78, 5) is 11.8. The molecule has 1 N–H and O–H groups in total. The second kappa shape index (κ2) is 7.33. The molecule has 0 unspecified atom stereocenters. The van der Waals surface area contributed by atoms with Crippen LogP contribution in [0, 0.1) is 6.92 Å². The Kier molecular flexibility index (Phi) is 5.21. The molecule has 0 saturated heterocycles. The average molecular weight is 285 g/mol. The van der Waals surface area contributed by atoms with Crippen LogP contribution in [0.5, 0.6) is 11.5 Å². The molecule has 2 aromatic carbocycles. The number of carbonyl (C=O) groups excluding carboxylic acids is 1. The number of amides is 1. The quantitative estimate of drug-likeness (QED) is 0.887. The van der Waals surface area contributed by atoms with Crippen molar-refractivity contribution in [1.82, 2.24) is 5.32 Å². The van der Waals surface area contributed by atoms with Gasteiger partial charge in [-0.15, -0.1) is 0 Å². The molecule has 0 spiro atoms. The van der Waals surface area contributed by atoms with Gasteiger partial charge >= 0.3 is 0 Å². The van der Waals surface area contributed by atoms with E-state index in [1.165, 1.54) is 5.56 Å². The molecule has 0 fully saturated rings. The fourth-order valence-corrected chi connectivity index (χ4v) is 1.96. The summed E-state index contributed by atoms with van der Waals surface area (Å²) in [5.74, 6) is 1.01. The SMILES string of the molecule is COc1ccccc1OCC(=O)NCc1cccc(C)c1. The van der Waals surface area contributed by atoms with E-state index in [1.807, 2.05) is 43.3 Å². The minimum Gasteiger partial charge on any atom is -0.493 e. The molecule has 0 atom stereocenters. The number of carbonyl (C=O) groups is 1. The maximum atomic E-state index is 11.8. The Morgan fingerprint density at radius 3 is 2.57 bits per heavy atom. The molecule has 0 saturated carbocycles. The number of benzene rings is 2. The molecule has 4 nitrogen and oxygen atoms in total. The van der Waals surface area contributed by atoms with Crippen molar-refractivity contribution in [3.8, 4) is 11.5 Å². The maximum absolute atomic E-state index is 11.8. The summed E-state index contributed by atoms with van der Waals surface area (Å²) in [6, 6.07) is 15.3. The second-order valence-electron chi connectivity index (χ2n) is 4.71. The van der Waals surface area contributed by atoms with Gasteiger partial charge in [-0.2, -0.15) is 0 Å². The molecule has 0 radical (unpaired) electrons. The zero-order chi connectivity index (χ0) is 15.1. The normalized spacial score (nSPS) is 10.0. The van der Waals surface area contributed by atoms with E-state index in [9.17, 15) is 4.79 Å². The van der Waals surface area contributed by atoms with E-state index >= 15 is 0 Å². The molecule has 21 heavy (non-hydrogen) atoms. The first-order chi connectivity index (χ1) is 10.2. The fraction of sp³-hybridized carbons (Fsp3) is 0.235. The number of methoxy groups -OCH3 is 1. The van der Waals surface area contributed by atoms with Gasteiger partial charge in [0.1, 0.15) is 0 Å². The summed E-state index contributed by atoms with van der Waals surface area (Å²) in [6.07, 6.45) is 0. The van der Waals surface area contributed by atoms with Gasteiger partial charge in [-0.3, -0.25) is 4.79 Å². The van der Waals surface area contributed by atoms with Gasteiger partial charge in [-0.1, -0.05) is 42.0 Å². The van der Waals surface area contributed by atoms with Crippen LogP contribution in [0.2, 0.25) is 0 Å². The summed E-state index contributed by atoms with van der Waals surface area (Å²) in [6.45, 7) is 2.48. The van der Waals surface area contributed by atoms with Crippen LogP contribution in [-0.4, -0.2) is 19.6 Å². The summed E-state index contributed by atoms with van der Waals surface area (Å²) in [5.41, 5.74) is 2.24. The van der Waals surface area contributed by atoms with E-state index in [2.05, 4.69) is 5.32 Å². The summed E-state index contributed by atoms with van der Waals surface area (Å²) in [5, 5.41) is 2.83. The third-order valence-electron chi connectivity index (χ3n) is 3.00. The second-order valence-corrected chi connectivity index (χ2v) is 4.71. The monoisotopic (exact) mass is 285 g/mol. The van der Waals surface area contributed by atoms with Crippen LogP contribution in [0.4, 0.5) is 0 Å². The first-order valence-electron chi connectivity index (χ1n) is 6.77. The Balaban J connectivity index is 1.82. The number of ether oxygens (including phenoxy) is 2. The summed E-state index contributed by atoms with van der Waals surface area (Å²) >= 11 is 0. The summed E-state index contributed by atoms with van der Waals surface area (Å²) in [7, 11) is 1.57. The number of nitrogens with one attached hydrogen (secondary N) is 1. The van der Waals surface area contributed by atoms with E-state index in [0.717, 1.165) is 5.56 Å². The fourth-order valence-electron chi connectivity index (χ4n) is 1.96. The minimum atomic E-state index is -0.164. The predicted octanol–water partition coefficient (Wildman–Crippen LogP) is 2.70. The van der Waals surface area contributed by atoms with E-state index in [4.69, 9.17) is 9.47 Å². The minimum absolute atomic E-state index is 0.0355. The highest BCUT2D eigenvalue weighted by Crippen LogP contribution is 2.25. The number of hydrogen-bond acceptors (Lipinski definition) is 3. The number of aryl methyl sites for hydroxylation is 1. The standard InChI is InChI=1S/C17H19NO3/c1-13-6-5-7-14(10-13)11-18-17(19)12-21-16-9-4-3-8-15(16)20-2/h3-10H,11-12H2,1-2H3,(H,18,19). The van der Waals surface area contributed by atoms with Gasteiger partial charge in [0.25, 0.3) is 5.91 Å². The van der Waals surface area contributed by atoms with Crippen molar-refractivity contribution < 1.29 is 14.3 Å². The van der Waals surface area contributed by atoms with Crippen LogP contribution in [0.25, 0.3) is 0 Å². The topological polar surface area (TPSA) is 47.6 Å². The van der Waals surface area contributed by atoms with Gasteiger partial charge in [-0.25, -0.2) is 0 Å². The molecule has 1 amide bonds. The third-order valence-corrected chi connectivity index (χ3v) is 3.00. The van der Waals surface area contributed by atoms with Crippen molar-refractivity contribution in [2.75, 3.05) is 13.7 Å². The molecule has 0 aliphatic heterocycles. The van der Waals surface area contributed by atoms with Gasteiger partial charge < -0.3 is 14.8 Å². The zero-order valence-corrected chi connectivity index (χ0v) is 12.3. The van der Waals surface area contributed by atoms with Crippen LogP contribution in [0.1, 0.15) is 11.1 Å². The van der Waals surface area contributed by atoms with E-state index < -0.39 is 0 Å². The predicted molar refractivity (Wildman–Crippen MR) is 81.5 cm³/mol. The van der Waals surface area contributed by atoms with Crippen molar-refractivity contribution in [3.63, 3.8) is 0 Å². The highest BCUT2D eigenvalue weighted by Gasteiger charge is 2.06. The van der Waals surface area contributed by atoms with Crippen LogP contribution in [0.3, 0.4) is 0 Å². The van der Waals surface area contributed by atoms with Crippen molar-refractivity contribution >= 4 is 5.91 Å². The third kappa shape index (κ3) is 4.53. The van der Waals surface area contributed by atoms with E-state index in [-0.39, 0.29) is 12.5 Å². The van der Waals surface area contributed by atoms with Crippen molar-refractivity contribution in [2.24, 2.45) is 0 Å². The van der Waals surface area contributed by atoms with Gasteiger partial charge in [0.2, 0.25) is 0 Å². The molecule has 2 aromatic rings. The largest absolute Gasteiger partial charge is 0.493 e. The number of hydrogen-bond donors (Lipinski definition) is 1. The number of para-hydroxylation sites is 2. The van der Waals surface area contributed by atoms with E-state index in [1.54, 1.807) is 19.2 Å². The number of rotatable bonds is 6. The lowest BCUT2D eigenvalue weighted by molar-refractivity contribution is -0.123. The lowest BCUT2D eigenvalue weighted by atomic mass is 10.1. The Labute approximate surface area is 124 Å². The lowest BCUT2D eigenvalue weighted by Gasteiger charge is -2.10. The first kappa shape index (κ1) is 14.9. The average Bonchev–Trinajstić information content (AvgIpc) is 2.51. The Hall–Kier alpha value is -2.49. The maximum Gasteiger partial charge on any atom is 0.258 e.